The normalized spacial score (nSPS) is 14.5. The molecule has 0 unspecified atom stereocenters. The molecule has 0 bridgehead atoms. The van der Waals surface area contributed by atoms with E-state index in [1.165, 1.54) is 39.0 Å². The maximum Gasteiger partial charge on any atom is 3.00 e. The summed E-state index contributed by atoms with van der Waals surface area (Å²) in [6.45, 7) is 4.61. The minimum Gasteiger partial charge on any atom is -1.00 e. The van der Waals surface area contributed by atoms with Crippen molar-refractivity contribution in [2.75, 3.05) is 6.61 Å². The van der Waals surface area contributed by atoms with Crippen molar-refractivity contribution in [3.8, 4) is 0 Å². The van der Waals surface area contributed by atoms with E-state index < -0.39 is 0 Å². The van der Waals surface area contributed by atoms with Crippen molar-refractivity contribution in [1.29, 1.82) is 0 Å². The van der Waals surface area contributed by atoms with E-state index in [4.69, 9.17) is 5.11 Å². The SMILES string of the molecule is CC(C)=C1C(C2=CC(CCCO)=CC2)=[C-]c2ccccc21.[Cl-].[Cl-].[Zr+3]. The van der Waals surface area contributed by atoms with Crippen LogP contribution in [-0.4, -0.2) is 11.7 Å². The standard InChI is InChI=1S/C20H21O.2ClH.Zr/c1-14(2)20-18-8-4-3-7-16(18)13-19(20)17-10-9-15(12-17)6-5-11-21;;;/h3-4,7-9,12,21H,5-6,10-11H2,1-2H3;2*1H;/q-1;;;+3/p-2. The fraction of sp³-hybridized carbons (Fsp3) is 0.300. The first kappa shape index (κ1) is 23.6. The predicted octanol–water partition coefficient (Wildman–Crippen LogP) is -1.39. The number of allylic oxidation sites excluding steroid dienone is 7. The van der Waals surface area contributed by atoms with E-state index in [2.05, 4.69) is 56.3 Å². The van der Waals surface area contributed by atoms with Gasteiger partial charge in [0.05, 0.1) is 0 Å². The van der Waals surface area contributed by atoms with Crippen LogP contribution in [0.5, 0.6) is 0 Å². The summed E-state index contributed by atoms with van der Waals surface area (Å²) in [6, 6.07) is 8.50. The van der Waals surface area contributed by atoms with Crippen molar-refractivity contribution < 1.29 is 56.1 Å². The molecule has 2 aliphatic rings. The largest absolute Gasteiger partial charge is 3.00 e. The van der Waals surface area contributed by atoms with Gasteiger partial charge >= 0.3 is 26.2 Å². The molecular formula is C20H21Cl2OZr. The molecule has 1 aromatic carbocycles. The second-order valence-corrected chi connectivity index (χ2v) is 5.90. The Morgan fingerprint density at radius 1 is 1.17 bits per heavy atom. The van der Waals surface area contributed by atoms with Crippen LogP contribution in [0.1, 0.15) is 44.2 Å². The van der Waals surface area contributed by atoms with Crippen LogP contribution in [0.3, 0.4) is 0 Å². The van der Waals surface area contributed by atoms with Gasteiger partial charge in [0, 0.05) is 6.61 Å². The predicted molar refractivity (Wildman–Crippen MR) is 87.7 cm³/mol. The molecular weight excluding hydrogens is 418 g/mol. The van der Waals surface area contributed by atoms with Crippen LogP contribution in [0.2, 0.25) is 0 Å². The van der Waals surface area contributed by atoms with Crippen LogP contribution < -0.4 is 24.8 Å². The van der Waals surface area contributed by atoms with E-state index >= 15 is 0 Å². The van der Waals surface area contributed by atoms with Gasteiger partial charge in [0.2, 0.25) is 0 Å². The first-order chi connectivity index (χ1) is 10.2. The molecule has 1 N–H and O–H groups in total. The van der Waals surface area contributed by atoms with Crippen LogP contribution in [0.25, 0.3) is 5.57 Å². The molecule has 125 valence electrons. The summed E-state index contributed by atoms with van der Waals surface area (Å²) >= 11 is 0. The Hall–Kier alpha value is -0.397. The van der Waals surface area contributed by atoms with Crippen molar-refractivity contribution in [2.24, 2.45) is 0 Å². The van der Waals surface area contributed by atoms with Crippen LogP contribution in [-0.2, 0) is 26.2 Å². The Labute approximate surface area is 176 Å². The summed E-state index contributed by atoms with van der Waals surface area (Å²) in [5, 5.41) is 8.96. The van der Waals surface area contributed by atoms with Gasteiger partial charge in [0.25, 0.3) is 0 Å². The van der Waals surface area contributed by atoms with Gasteiger partial charge in [-0.25, -0.2) is 0 Å². The summed E-state index contributed by atoms with van der Waals surface area (Å²) in [4.78, 5) is 0. The number of aliphatic hydroxyl groups is 1. The quantitative estimate of drug-likeness (QED) is 0.573. The third-order valence-corrected chi connectivity index (χ3v) is 4.09. The average Bonchev–Trinajstić information content (AvgIpc) is 3.08. The number of hydrogen-bond donors (Lipinski definition) is 1. The maximum atomic E-state index is 8.96. The van der Waals surface area contributed by atoms with Gasteiger partial charge in [0.15, 0.2) is 0 Å². The number of aliphatic hydroxyl groups excluding tert-OH is 1. The number of hydrogen-bond acceptors (Lipinski definition) is 1. The Morgan fingerprint density at radius 2 is 1.88 bits per heavy atom. The minimum absolute atomic E-state index is 0. The Bertz CT molecular complexity index is 695. The van der Waals surface area contributed by atoms with Gasteiger partial charge in [-0.2, -0.15) is 0 Å². The number of rotatable bonds is 4. The molecule has 0 aromatic heterocycles. The van der Waals surface area contributed by atoms with E-state index in [1.54, 1.807) is 0 Å². The second-order valence-electron chi connectivity index (χ2n) is 5.90. The summed E-state index contributed by atoms with van der Waals surface area (Å²) in [7, 11) is 0. The number of benzene rings is 1. The van der Waals surface area contributed by atoms with Crippen molar-refractivity contribution in [3.63, 3.8) is 0 Å². The van der Waals surface area contributed by atoms with Crippen molar-refractivity contribution in [1.82, 2.24) is 0 Å². The van der Waals surface area contributed by atoms with E-state index in [0.29, 0.717) is 0 Å². The molecule has 0 heterocycles. The average molecular weight is 440 g/mol. The van der Waals surface area contributed by atoms with Crippen LogP contribution >= 0.6 is 0 Å². The molecule has 0 saturated carbocycles. The summed E-state index contributed by atoms with van der Waals surface area (Å²) in [6.07, 6.45) is 10.9. The Morgan fingerprint density at radius 3 is 2.54 bits per heavy atom. The van der Waals surface area contributed by atoms with Crippen LogP contribution in [0, 0.1) is 6.08 Å². The first-order valence-electron chi connectivity index (χ1n) is 7.62. The minimum atomic E-state index is 0. The fourth-order valence-electron chi connectivity index (χ4n) is 3.12. The monoisotopic (exact) mass is 437 g/mol. The third kappa shape index (κ3) is 4.82. The fourth-order valence-corrected chi connectivity index (χ4v) is 3.12. The van der Waals surface area contributed by atoms with E-state index in [1.807, 2.05) is 0 Å². The van der Waals surface area contributed by atoms with Gasteiger partial charge < -0.3 is 29.9 Å². The molecule has 0 fully saturated rings. The van der Waals surface area contributed by atoms with Crippen LogP contribution in [0.4, 0.5) is 0 Å². The molecule has 0 saturated heterocycles. The van der Waals surface area contributed by atoms with Gasteiger partial charge in [-0.05, 0) is 19.3 Å². The third-order valence-electron chi connectivity index (χ3n) is 4.09. The molecule has 24 heavy (non-hydrogen) atoms. The van der Waals surface area contributed by atoms with Crippen molar-refractivity contribution in [3.05, 3.63) is 75.9 Å². The molecule has 3 rings (SSSR count). The van der Waals surface area contributed by atoms with Crippen LogP contribution in [0.15, 0.2) is 58.7 Å². The zero-order valence-electron chi connectivity index (χ0n) is 14.0. The van der Waals surface area contributed by atoms with Crippen molar-refractivity contribution >= 4 is 5.57 Å². The second kappa shape index (κ2) is 10.6. The van der Waals surface area contributed by atoms with Gasteiger partial charge in [-0.15, -0.1) is 45.6 Å². The van der Waals surface area contributed by atoms with Gasteiger partial charge in [-0.1, -0.05) is 49.8 Å². The van der Waals surface area contributed by atoms with E-state index in [0.717, 1.165) is 19.3 Å². The first-order valence-corrected chi connectivity index (χ1v) is 7.62. The van der Waals surface area contributed by atoms with E-state index in [-0.39, 0.29) is 57.6 Å². The molecule has 2 aliphatic carbocycles. The smallest absolute Gasteiger partial charge is 1.00 e. The molecule has 1 nitrogen and oxygen atoms in total. The summed E-state index contributed by atoms with van der Waals surface area (Å²) < 4.78 is 0. The summed E-state index contributed by atoms with van der Waals surface area (Å²) in [5.41, 5.74) is 9.14. The molecule has 0 aliphatic heterocycles. The molecule has 1 aromatic rings. The molecule has 0 atom stereocenters. The van der Waals surface area contributed by atoms with Gasteiger partial charge in [-0.3, -0.25) is 0 Å². The number of halogens is 2. The molecule has 1 radical (unpaired) electrons. The zero-order chi connectivity index (χ0) is 14.8. The Balaban J connectivity index is 0.00000176. The molecule has 0 amide bonds. The topological polar surface area (TPSA) is 20.2 Å². The van der Waals surface area contributed by atoms with Gasteiger partial charge in [0.1, 0.15) is 0 Å². The Kier molecular flexibility index (Phi) is 10.4. The zero-order valence-corrected chi connectivity index (χ0v) is 18.0. The van der Waals surface area contributed by atoms with Crippen molar-refractivity contribution in [2.45, 2.75) is 33.1 Å². The molecule has 4 heteroatoms. The number of fused-ring (bicyclic) bond motifs is 1. The maximum absolute atomic E-state index is 8.96. The molecule has 0 spiro atoms. The summed E-state index contributed by atoms with van der Waals surface area (Å²) in [5.74, 6) is 0. The van der Waals surface area contributed by atoms with E-state index in [9.17, 15) is 0 Å².